The molecule has 0 unspecified atom stereocenters. The summed E-state index contributed by atoms with van der Waals surface area (Å²) >= 11 is 2.80. The van der Waals surface area contributed by atoms with E-state index in [-0.39, 0.29) is 30.2 Å². The van der Waals surface area contributed by atoms with E-state index < -0.39 is 0 Å². The van der Waals surface area contributed by atoms with Gasteiger partial charge in [0, 0.05) is 25.2 Å². The van der Waals surface area contributed by atoms with Gasteiger partial charge >= 0.3 is 0 Å². The van der Waals surface area contributed by atoms with Crippen LogP contribution in [0, 0.1) is 26.7 Å². The molecule has 0 aliphatic carbocycles. The highest BCUT2D eigenvalue weighted by molar-refractivity contribution is 8.01. The van der Waals surface area contributed by atoms with Gasteiger partial charge in [-0.05, 0) is 26.7 Å². The first-order valence-corrected chi connectivity index (χ1v) is 12.0. The van der Waals surface area contributed by atoms with Crippen molar-refractivity contribution in [3.8, 4) is 0 Å². The minimum Gasteiger partial charge on any atom is -0.370 e. The lowest BCUT2D eigenvalue weighted by Gasteiger charge is -2.26. The van der Waals surface area contributed by atoms with Crippen LogP contribution in [0.15, 0.2) is 8.86 Å². The van der Waals surface area contributed by atoms with E-state index >= 15 is 0 Å². The van der Waals surface area contributed by atoms with Crippen LogP contribution in [0.25, 0.3) is 0 Å². The van der Waals surface area contributed by atoms with Crippen molar-refractivity contribution < 1.29 is 18.8 Å². The molecule has 0 N–H and O–H groups in total. The molecule has 31 heavy (non-hydrogen) atoms. The lowest BCUT2D eigenvalue weighted by atomic mass is 10.2. The van der Waals surface area contributed by atoms with Gasteiger partial charge in [-0.1, -0.05) is 42.1 Å². The van der Waals surface area contributed by atoms with Crippen molar-refractivity contribution in [2.75, 3.05) is 31.9 Å². The van der Waals surface area contributed by atoms with Gasteiger partial charge in [-0.25, -0.2) is 0 Å². The molecule has 1 fully saturated rings. The van der Waals surface area contributed by atoms with Crippen LogP contribution in [0.4, 0.5) is 0 Å². The minimum absolute atomic E-state index is 0.0535. The predicted octanol–water partition coefficient (Wildman–Crippen LogP) is 2.46. The molecule has 0 bridgehead atoms. The summed E-state index contributed by atoms with van der Waals surface area (Å²) < 4.78 is 12.1. The number of aromatic nitrogens is 3. The van der Waals surface area contributed by atoms with Gasteiger partial charge in [-0.2, -0.15) is 0 Å². The SMILES string of the molecule is Cc1nnc(SCC(=O)N2CC(=O)N(CC(C)C)C[C@H](OCc3c(C)noc3C)C2)s1. The summed E-state index contributed by atoms with van der Waals surface area (Å²) in [5, 5.41) is 12.8. The van der Waals surface area contributed by atoms with E-state index in [1.165, 1.54) is 23.1 Å². The van der Waals surface area contributed by atoms with Crippen molar-refractivity contribution in [1.29, 1.82) is 0 Å². The fourth-order valence-corrected chi connectivity index (χ4v) is 5.07. The number of rotatable bonds is 8. The third kappa shape index (κ3) is 6.50. The van der Waals surface area contributed by atoms with Crippen LogP contribution in [0.3, 0.4) is 0 Å². The van der Waals surface area contributed by atoms with Crippen molar-refractivity contribution in [2.24, 2.45) is 5.92 Å². The molecule has 1 saturated heterocycles. The Labute approximate surface area is 190 Å². The van der Waals surface area contributed by atoms with E-state index in [0.29, 0.717) is 32.2 Å². The summed E-state index contributed by atoms with van der Waals surface area (Å²) in [6.45, 7) is 11.6. The molecule has 11 heteroatoms. The number of hydrogen-bond donors (Lipinski definition) is 0. The quantitative estimate of drug-likeness (QED) is 0.546. The summed E-state index contributed by atoms with van der Waals surface area (Å²) in [6.07, 6.45) is -0.295. The highest BCUT2D eigenvalue weighted by Crippen LogP contribution is 2.23. The van der Waals surface area contributed by atoms with Gasteiger partial charge in [0.15, 0.2) is 4.34 Å². The van der Waals surface area contributed by atoms with Crippen molar-refractivity contribution in [1.82, 2.24) is 25.2 Å². The van der Waals surface area contributed by atoms with E-state index in [1.807, 2.05) is 20.8 Å². The summed E-state index contributed by atoms with van der Waals surface area (Å²) in [5.74, 6) is 1.09. The van der Waals surface area contributed by atoms with E-state index in [0.717, 1.165) is 26.4 Å². The molecule has 2 aromatic heterocycles. The zero-order valence-corrected chi connectivity index (χ0v) is 20.2. The summed E-state index contributed by atoms with van der Waals surface area (Å²) in [5.41, 5.74) is 1.70. The van der Waals surface area contributed by atoms with Gasteiger partial charge in [-0.3, -0.25) is 9.59 Å². The van der Waals surface area contributed by atoms with Gasteiger partial charge in [-0.15, -0.1) is 10.2 Å². The molecule has 0 radical (unpaired) electrons. The lowest BCUT2D eigenvalue weighted by molar-refractivity contribution is -0.137. The zero-order valence-electron chi connectivity index (χ0n) is 18.6. The third-order valence-electron chi connectivity index (χ3n) is 4.94. The Bertz CT molecular complexity index is 894. The molecule has 0 aromatic carbocycles. The van der Waals surface area contributed by atoms with E-state index in [4.69, 9.17) is 9.26 Å². The number of hydrogen-bond acceptors (Lipinski definition) is 9. The van der Waals surface area contributed by atoms with Gasteiger partial charge in [0.2, 0.25) is 11.8 Å². The summed E-state index contributed by atoms with van der Waals surface area (Å²) in [4.78, 5) is 29.2. The number of carbonyl (C=O) groups excluding carboxylic acids is 2. The molecule has 3 heterocycles. The second-order valence-corrected chi connectivity index (χ2v) is 10.5. The molecular formula is C20H29N5O4S2. The van der Waals surface area contributed by atoms with Gasteiger partial charge in [0.05, 0.1) is 30.7 Å². The van der Waals surface area contributed by atoms with Crippen molar-refractivity contribution in [3.05, 3.63) is 22.0 Å². The third-order valence-corrected chi connectivity index (χ3v) is 6.89. The van der Waals surface area contributed by atoms with E-state index in [9.17, 15) is 9.59 Å². The number of thioether (sulfide) groups is 1. The Morgan fingerprint density at radius 3 is 2.68 bits per heavy atom. The molecule has 1 aliphatic heterocycles. The fourth-order valence-electron chi connectivity index (χ4n) is 3.35. The molecule has 2 amide bonds. The second-order valence-electron chi connectivity index (χ2n) is 8.08. The van der Waals surface area contributed by atoms with Crippen LogP contribution in [0.2, 0.25) is 0 Å². The average Bonchev–Trinajstić information content (AvgIpc) is 3.22. The molecule has 9 nitrogen and oxygen atoms in total. The van der Waals surface area contributed by atoms with E-state index in [1.54, 1.807) is 9.80 Å². The first-order chi connectivity index (χ1) is 14.7. The Morgan fingerprint density at radius 1 is 1.29 bits per heavy atom. The molecular weight excluding hydrogens is 438 g/mol. The number of nitrogens with zero attached hydrogens (tertiary/aromatic N) is 5. The predicted molar refractivity (Wildman–Crippen MR) is 118 cm³/mol. The fraction of sp³-hybridized carbons (Fsp3) is 0.650. The largest absolute Gasteiger partial charge is 0.370 e. The molecule has 1 aliphatic rings. The van der Waals surface area contributed by atoms with Crippen LogP contribution in [0.5, 0.6) is 0 Å². The highest BCUT2D eigenvalue weighted by atomic mass is 32.2. The number of ether oxygens (including phenoxy) is 1. The zero-order chi connectivity index (χ0) is 22.5. The van der Waals surface area contributed by atoms with Crippen molar-refractivity contribution in [3.63, 3.8) is 0 Å². The van der Waals surface area contributed by atoms with Crippen LogP contribution in [-0.2, 0) is 20.9 Å². The van der Waals surface area contributed by atoms with Gasteiger partial charge in [0.25, 0.3) is 0 Å². The number of carbonyl (C=O) groups is 2. The van der Waals surface area contributed by atoms with Crippen LogP contribution in [-0.4, -0.2) is 75.0 Å². The molecule has 1 atom stereocenters. The van der Waals surface area contributed by atoms with Gasteiger partial charge < -0.3 is 19.1 Å². The summed E-state index contributed by atoms with van der Waals surface area (Å²) in [6, 6.07) is 0. The maximum absolute atomic E-state index is 12.9. The maximum Gasteiger partial charge on any atom is 0.242 e. The molecule has 170 valence electrons. The van der Waals surface area contributed by atoms with Crippen LogP contribution < -0.4 is 0 Å². The Kier molecular flexibility index (Phi) is 8.06. The number of amides is 2. The number of aryl methyl sites for hydroxylation is 3. The van der Waals surface area contributed by atoms with E-state index in [2.05, 4.69) is 29.2 Å². The Morgan fingerprint density at radius 2 is 2.06 bits per heavy atom. The normalized spacial score (nSPS) is 17.5. The van der Waals surface area contributed by atoms with Crippen LogP contribution >= 0.6 is 23.1 Å². The molecule has 2 aromatic rings. The average molecular weight is 468 g/mol. The molecule has 3 rings (SSSR count). The minimum atomic E-state index is -0.295. The highest BCUT2D eigenvalue weighted by Gasteiger charge is 2.31. The molecule has 0 saturated carbocycles. The second kappa shape index (κ2) is 10.6. The first kappa shape index (κ1) is 23.7. The maximum atomic E-state index is 12.9. The topological polar surface area (TPSA) is 102 Å². The van der Waals surface area contributed by atoms with Gasteiger partial charge in [0.1, 0.15) is 10.8 Å². The lowest BCUT2D eigenvalue weighted by Crippen LogP contribution is -2.41. The van der Waals surface area contributed by atoms with Crippen molar-refractivity contribution >= 4 is 34.9 Å². The smallest absolute Gasteiger partial charge is 0.242 e. The molecule has 0 spiro atoms. The Balaban J connectivity index is 1.68. The first-order valence-electron chi connectivity index (χ1n) is 10.2. The van der Waals surface area contributed by atoms with Crippen molar-refractivity contribution in [2.45, 2.75) is 51.7 Å². The van der Waals surface area contributed by atoms with Crippen LogP contribution in [0.1, 0.15) is 35.9 Å². The Hall–Kier alpha value is -1.98. The summed E-state index contributed by atoms with van der Waals surface area (Å²) in [7, 11) is 0. The monoisotopic (exact) mass is 467 g/mol. The standard InChI is InChI=1S/C20H29N5O4S2/c1-12(2)6-24-7-16(28-10-17-13(3)23-29-14(17)4)8-25(9-18(24)26)19(27)11-30-20-22-21-15(5)31-20/h12,16H,6-11H2,1-5H3/t16-/m0/s1.